The third-order valence-corrected chi connectivity index (χ3v) is 17.0. The SMILES string of the molecule is C1=CC(n2c3ccc(-c4ccccc4)cc3c3cc(-c4ccccc4)ccc32)CC=C1Cc1ccc(-n2c3ccc(-c4cccc(-c5ncccn5)c4)cc3c3cc(-c4cccc(-c5ncccn5)c4)cc(-c4cccc(-c5ncccn5)c4)c32)cc1. The molecule has 0 saturated heterocycles. The van der Waals surface area contributed by atoms with E-state index in [-0.39, 0.29) is 6.04 Å². The van der Waals surface area contributed by atoms with Crippen molar-refractivity contribution < 1.29 is 0 Å². The van der Waals surface area contributed by atoms with Crippen molar-refractivity contribution in [2.45, 2.75) is 18.9 Å². The van der Waals surface area contributed by atoms with Crippen LogP contribution in [0, 0.1) is 0 Å². The van der Waals surface area contributed by atoms with Gasteiger partial charge in [0.25, 0.3) is 0 Å². The molecule has 0 saturated carbocycles. The first kappa shape index (κ1) is 51.2. The second-order valence-corrected chi connectivity index (χ2v) is 22.3. The monoisotopic (exact) mass is 1110 g/mol. The molecule has 0 N–H and O–H groups in total. The molecule has 10 aromatic carbocycles. The molecule has 1 aliphatic carbocycles. The maximum Gasteiger partial charge on any atom is 0.159 e. The number of benzene rings is 10. The zero-order valence-electron chi connectivity index (χ0n) is 47.4. The van der Waals surface area contributed by atoms with Crippen molar-refractivity contribution in [1.82, 2.24) is 39.0 Å². The van der Waals surface area contributed by atoms with Crippen LogP contribution in [0.2, 0.25) is 0 Å². The fourth-order valence-corrected chi connectivity index (χ4v) is 12.8. The summed E-state index contributed by atoms with van der Waals surface area (Å²) in [6.07, 6.45) is 19.7. The van der Waals surface area contributed by atoms with E-state index in [1.165, 1.54) is 55.2 Å². The standard InChI is InChI=1S/C79H54N8/c1-3-13-54(14-4-1)58-27-34-73-69(47-58)70-48-59(55-15-5-2-6-16-55)28-35-74(70)86(73)66-30-23-52(24-31-66)43-53-25-32-67(33-26-53)87-75-36-29-60(56-17-7-20-62(44-56)77-80-37-10-38-81-77)49-71(75)72-51-65(57-18-8-21-63(45-57)78-82-39-11-40-83-78)50-68(76(72)87)61-19-9-22-64(46-61)79-84-41-12-42-85-79/h1-30,32-42,44-51,66H,31,43H2. The molecule has 5 aromatic heterocycles. The summed E-state index contributed by atoms with van der Waals surface area (Å²) in [5, 5.41) is 4.79. The van der Waals surface area contributed by atoms with E-state index in [2.05, 4.69) is 282 Å². The predicted molar refractivity (Wildman–Crippen MR) is 355 cm³/mol. The molecule has 5 heterocycles. The molecule has 15 aromatic rings. The largest absolute Gasteiger partial charge is 0.333 e. The molecule has 16 rings (SSSR count). The molecule has 0 fully saturated rings. The average molecular weight is 1120 g/mol. The van der Waals surface area contributed by atoms with Crippen molar-refractivity contribution in [3.8, 4) is 95.5 Å². The van der Waals surface area contributed by atoms with Crippen molar-refractivity contribution in [2.75, 3.05) is 0 Å². The molecule has 0 amide bonds. The van der Waals surface area contributed by atoms with Crippen molar-refractivity contribution in [2.24, 2.45) is 0 Å². The van der Waals surface area contributed by atoms with Crippen LogP contribution < -0.4 is 0 Å². The Labute approximate surface area is 503 Å². The Hall–Kier alpha value is -11.5. The zero-order valence-corrected chi connectivity index (χ0v) is 47.4. The first-order chi connectivity index (χ1) is 43.1. The molecule has 8 nitrogen and oxygen atoms in total. The summed E-state index contributed by atoms with van der Waals surface area (Å²) in [7, 11) is 0. The van der Waals surface area contributed by atoms with E-state index in [1.807, 2.05) is 18.2 Å². The van der Waals surface area contributed by atoms with Gasteiger partial charge >= 0.3 is 0 Å². The Balaban J connectivity index is 0.794. The molecular formula is C79H54N8. The minimum Gasteiger partial charge on any atom is -0.333 e. The molecular weight excluding hydrogens is 1060 g/mol. The summed E-state index contributed by atoms with van der Waals surface area (Å²) >= 11 is 0. The van der Waals surface area contributed by atoms with Crippen molar-refractivity contribution in [1.29, 1.82) is 0 Å². The number of rotatable bonds is 12. The first-order valence-corrected chi connectivity index (χ1v) is 29.5. The van der Waals surface area contributed by atoms with E-state index < -0.39 is 0 Å². The van der Waals surface area contributed by atoms with Gasteiger partial charge in [-0.25, -0.2) is 29.9 Å². The highest BCUT2D eigenvalue weighted by Gasteiger charge is 2.23. The van der Waals surface area contributed by atoms with Crippen LogP contribution in [0.3, 0.4) is 0 Å². The molecule has 0 bridgehead atoms. The molecule has 1 aliphatic rings. The summed E-state index contributed by atoms with van der Waals surface area (Å²) in [5.41, 5.74) is 22.5. The molecule has 1 unspecified atom stereocenters. The molecule has 0 radical (unpaired) electrons. The minimum atomic E-state index is 0.163. The van der Waals surface area contributed by atoms with Gasteiger partial charge in [-0.2, -0.15) is 0 Å². The van der Waals surface area contributed by atoms with Crippen molar-refractivity contribution >= 4 is 43.6 Å². The molecule has 1 atom stereocenters. The van der Waals surface area contributed by atoms with Gasteiger partial charge in [0.15, 0.2) is 17.5 Å². The first-order valence-electron chi connectivity index (χ1n) is 29.5. The number of hydrogen-bond donors (Lipinski definition) is 0. The second kappa shape index (κ2) is 21.9. The Morgan fingerprint density at radius 2 is 0.759 bits per heavy atom. The van der Waals surface area contributed by atoms with Crippen LogP contribution in [0.15, 0.2) is 304 Å². The number of allylic oxidation sites excluding steroid dienone is 4. The summed E-state index contributed by atoms with van der Waals surface area (Å²) in [6.45, 7) is 0. The fourth-order valence-electron chi connectivity index (χ4n) is 12.8. The summed E-state index contributed by atoms with van der Waals surface area (Å²) in [6, 6.07) is 87.5. The highest BCUT2D eigenvalue weighted by Crippen LogP contribution is 2.45. The van der Waals surface area contributed by atoms with E-state index in [0.717, 1.165) is 90.4 Å². The summed E-state index contributed by atoms with van der Waals surface area (Å²) < 4.78 is 5.01. The van der Waals surface area contributed by atoms with E-state index in [1.54, 1.807) is 37.2 Å². The van der Waals surface area contributed by atoms with Crippen LogP contribution in [0.4, 0.5) is 0 Å². The Morgan fingerprint density at radius 1 is 0.333 bits per heavy atom. The summed E-state index contributed by atoms with van der Waals surface area (Å²) in [5.74, 6) is 2.04. The highest BCUT2D eigenvalue weighted by molar-refractivity contribution is 6.16. The molecule has 0 spiro atoms. The lowest BCUT2D eigenvalue weighted by atomic mass is 9.93. The van der Waals surface area contributed by atoms with Crippen LogP contribution in [-0.2, 0) is 6.42 Å². The van der Waals surface area contributed by atoms with Crippen LogP contribution in [-0.4, -0.2) is 39.0 Å². The maximum absolute atomic E-state index is 4.68. The van der Waals surface area contributed by atoms with Crippen LogP contribution in [0.25, 0.3) is 139 Å². The van der Waals surface area contributed by atoms with E-state index in [0.29, 0.717) is 17.5 Å². The number of fused-ring (bicyclic) bond motifs is 6. The Bertz CT molecular complexity index is 5030. The van der Waals surface area contributed by atoms with Crippen molar-refractivity contribution in [3.05, 3.63) is 309 Å². The Morgan fingerprint density at radius 3 is 1.28 bits per heavy atom. The lowest BCUT2D eigenvalue weighted by molar-refractivity contribution is 0.643. The number of aromatic nitrogens is 8. The minimum absolute atomic E-state index is 0.163. The van der Waals surface area contributed by atoms with Crippen LogP contribution in [0.5, 0.6) is 0 Å². The molecule has 410 valence electrons. The number of nitrogens with zero attached hydrogens (tertiary/aromatic N) is 8. The highest BCUT2D eigenvalue weighted by atomic mass is 15.0. The van der Waals surface area contributed by atoms with Gasteiger partial charge in [0.05, 0.1) is 17.1 Å². The van der Waals surface area contributed by atoms with Gasteiger partial charge in [0.1, 0.15) is 0 Å². The van der Waals surface area contributed by atoms with Crippen molar-refractivity contribution in [3.63, 3.8) is 0 Å². The topological polar surface area (TPSA) is 87.2 Å². The number of hydrogen-bond acceptors (Lipinski definition) is 6. The third kappa shape index (κ3) is 9.65. The fraction of sp³-hybridized carbons (Fsp3) is 0.0380. The van der Waals surface area contributed by atoms with E-state index in [4.69, 9.17) is 0 Å². The van der Waals surface area contributed by atoms with E-state index in [9.17, 15) is 0 Å². The average Bonchev–Trinajstić information content (AvgIpc) is 1.73. The maximum atomic E-state index is 4.68. The van der Waals surface area contributed by atoms with Gasteiger partial charge in [0, 0.05) is 97.7 Å². The van der Waals surface area contributed by atoms with Gasteiger partial charge in [-0.05, 0) is 171 Å². The van der Waals surface area contributed by atoms with Gasteiger partial charge in [-0.1, -0.05) is 164 Å². The van der Waals surface area contributed by atoms with Gasteiger partial charge in [-0.15, -0.1) is 0 Å². The Kier molecular flexibility index (Phi) is 12.9. The predicted octanol–water partition coefficient (Wildman–Crippen LogP) is 19.3. The molecule has 87 heavy (non-hydrogen) atoms. The third-order valence-electron chi connectivity index (χ3n) is 17.0. The van der Waals surface area contributed by atoms with E-state index >= 15 is 0 Å². The normalized spacial score (nSPS) is 13.2. The lowest BCUT2D eigenvalue weighted by Gasteiger charge is -2.21. The van der Waals surface area contributed by atoms with Crippen LogP contribution in [0.1, 0.15) is 18.0 Å². The smallest absolute Gasteiger partial charge is 0.159 e. The van der Waals surface area contributed by atoms with Gasteiger partial charge in [0.2, 0.25) is 0 Å². The van der Waals surface area contributed by atoms with Gasteiger partial charge in [-0.3, -0.25) is 0 Å². The zero-order chi connectivity index (χ0) is 57.6. The second-order valence-electron chi connectivity index (χ2n) is 22.3. The van der Waals surface area contributed by atoms with Crippen LogP contribution >= 0.6 is 0 Å². The molecule has 8 heteroatoms. The summed E-state index contributed by atoms with van der Waals surface area (Å²) in [4.78, 5) is 27.8. The molecule has 0 aliphatic heterocycles. The lowest BCUT2D eigenvalue weighted by Crippen LogP contribution is -2.08. The van der Waals surface area contributed by atoms with Gasteiger partial charge < -0.3 is 9.13 Å². The quantitative estimate of drug-likeness (QED) is 0.121.